The zero-order chi connectivity index (χ0) is 18.7. The lowest BCUT2D eigenvalue weighted by molar-refractivity contribution is -0.142. The summed E-state index contributed by atoms with van der Waals surface area (Å²) in [6, 6.07) is 5.93. The maximum Gasteiger partial charge on any atom is 0.244 e. The van der Waals surface area contributed by atoms with E-state index in [1.807, 2.05) is 0 Å². The Morgan fingerprint density at radius 2 is 2.12 bits per heavy atom. The van der Waals surface area contributed by atoms with E-state index in [0.29, 0.717) is 36.6 Å². The number of carbonyl (C=O) groups is 2. The number of aromatic nitrogens is 1. The zero-order valence-electron chi connectivity index (χ0n) is 14.9. The molecule has 0 spiro atoms. The number of likely N-dealkylation sites (tertiary alicyclic amines) is 1. The summed E-state index contributed by atoms with van der Waals surface area (Å²) in [6.45, 7) is 0.592. The number of hydrogen-bond donors (Lipinski definition) is 0. The number of halogens is 1. The third-order valence-electron chi connectivity index (χ3n) is 4.54. The van der Waals surface area contributed by atoms with E-state index in [0.717, 1.165) is 6.42 Å². The van der Waals surface area contributed by atoms with E-state index in [1.54, 1.807) is 37.2 Å². The quantitative estimate of drug-likeness (QED) is 0.823. The molecule has 26 heavy (non-hydrogen) atoms. The van der Waals surface area contributed by atoms with E-state index >= 15 is 0 Å². The van der Waals surface area contributed by atoms with Gasteiger partial charge in [0.05, 0.1) is 11.8 Å². The van der Waals surface area contributed by atoms with Crippen LogP contribution in [0.4, 0.5) is 4.39 Å². The van der Waals surface area contributed by atoms with Gasteiger partial charge in [0, 0.05) is 33.5 Å². The summed E-state index contributed by atoms with van der Waals surface area (Å²) in [6.07, 6.45) is 3.50. The second-order valence-electron chi connectivity index (χ2n) is 6.58. The summed E-state index contributed by atoms with van der Waals surface area (Å²) in [5.41, 5.74) is 0.341. The fourth-order valence-electron chi connectivity index (χ4n) is 3.19. The molecule has 1 unspecified atom stereocenters. The fourth-order valence-corrected chi connectivity index (χ4v) is 3.19. The highest BCUT2D eigenvalue weighted by atomic mass is 19.1. The van der Waals surface area contributed by atoms with E-state index in [1.165, 1.54) is 17.2 Å². The molecule has 0 saturated carbocycles. The van der Waals surface area contributed by atoms with Gasteiger partial charge in [0.1, 0.15) is 11.9 Å². The van der Waals surface area contributed by atoms with Crippen molar-refractivity contribution >= 4 is 11.8 Å². The smallest absolute Gasteiger partial charge is 0.244 e. The third-order valence-corrected chi connectivity index (χ3v) is 4.54. The largest absolute Gasteiger partial charge is 0.441 e. The van der Waals surface area contributed by atoms with Crippen molar-refractivity contribution in [3.05, 3.63) is 42.2 Å². The number of hydrogen-bond acceptors (Lipinski definition) is 4. The predicted octanol–water partition coefficient (Wildman–Crippen LogP) is 2.49. The molecule has 3 rings (SSSR count). The Morgan fingerprint density at radius 1 is 1.35 bits per heavy atom. The molecule has 0 N–H and O–H groups in total. The van der Waals surface area contributed by atoms with Crippen LogP contribution >= 0.6 is 0 Å². The lowest BCUT2D eigenvalue weighted by Crippen LogP contribution is -2.45. The van der Waals surface area contributed by atoms with Crippen molar-refractivity contribution in [3.8, 4) is 11.3 Å². The van der Waals surface area contributed by atoms with E-state index in [2.05, 4.69) is 4.98 Å². The van der Waals surface area contributed by atoms with Gasteiger partial charge in [-0.3, -0.25) is 9.59 Å². The molecule has 6 nitrogen and oxygen atoms in total. The van der Waals surface area contributed by atoms with E-state index in [4.69, 9.17) is 4.42 Å². The molecule has 1 aliphatic heterocycles. The molecule has 1 saturated heterocycles. The number of nitrogens with zero attached hydrogens (tertiary/aromatic N) is 3. The van der Waals surface area contributed by atoms with Gasteiger partial charge in [-0.05, 0) is 25.0 Å². The number of amides is 2. The number of likely N-dealkylation sites (N-methyl/N-ethyl adjacent to an activating group) is 1. The van der Waals surface area contributed by atoms with Gasteiger partial charge in [0.15, 0.2) is 11.7 Å². The van der Waals surface area contributed by atoms with E-state index in [-0.39, 0.29) is 30.1 Å². The first-order valence-corrected chi connectivity index (χ1v) is 8.67. The lowest BCUT2D eigenvalue weighted by atomic mass is 10.2. The molecule has 1 aromatic heterocycles. The first-order valence-electron chi connectivity index (χ1n) is 8.67. The summed E-state index contributed by atoms with van der Waals surface area (Å²) < 4.78 is 19.4. The van der Waals surface area contributed by atoms with Gasteiger partial charge < -0.3 is 14.2 Å². The van der Waals surface area contributed by atoms with Crippen molar-refractivity contribution in [2.75, 3.05) is 20.6 Å². The van der Waals surface area contributed by atoms with Crippen LogP contribution in [0.5, 0.6) is 0 Å². The normalized spacial score (nSPS) is 16.7. The predicted molar refractivity (Wildman–Crippen MR) is 93.6 cm³/mol. The van der Waals surface area contributed by atoms with Crippen LogP contribution in [0.2, 0.25) is 0 Å². The van der Waals surface area contributed by atoms with E-state index in [9.17, 15) is 14.0 Å². The van der Waals surface area contributed by atoms with Crippen LogP contribution in [0.1, 0.15) is 25.2 Å². The molecular formula is C19H22FN3O3. The van der Waals surface area contributed by atoms with E-state index < -0.39 is 0 Å². The van der Waals surface area contributed by atoms with Gasteiger partial charge in [-0.2, -0.15) is 0 Å². The van der Waals surface area contributed by atoms with Gasteiger partial charge >= 0.3 is 0 Å². The van der Waals surface area contributed by atoms with Crippen LogP contribution in [-0.2, 0) is 16.0 Å². The highest BCUT2D eigenvalue weighted by molar-refractivity contribution is 5.88. The average Bonchev–Trinajstić information content (AvgIpc) is 3.29. The highest BCUT2D eigenvalue weighted by Gasteiger charge is 2.34. The Kier molecular flexibility index (Phi) is 5.35. The Labute approximate surface area is 151 Å². The van der Waals surface area contributed by atoms with Crippen LogP contribution in [-0.4, -0.2) is 53.3 Å². The summed E-state index contributed by atoms with van der Waals surface area (Å²) in [7, 11) is 3.39. The molecule has 138 valence electrons. The molecule has 0 bridgehead atoms. The van der Waals surface area contributed by atoms with Crippen molar-refractivity contribution in [2.24, 2.45) is 0 Å². The fraction of sp³-hybridized carbons (Fsp3) is 0.421. The molecule has 0 radical (unpaired) electrons. The standard InChI is InChI=1S/C19H22FN3O3/c1-22(2)19(25)15-8-5-11-23(15)18(24)10-9-17-21-12-16(26-17)13-6-3-4-7-14(13)20/h3-4,6-7,12,15H,5,8-11H2,1-2H3. The van der Waals surface area contributed by atoms with Crippen LogP contribution in [0.25, 0.3) is 11.3 Å². The van der Waals surface area contributed by atoms with Gasteiger partial charge in [0.2, 0.25) is 11.8 Å². The molecule has 2 heterocycles. The molecule has 1 atom stereocenters. The maximum atomic E-state index is 13.8. The molecule has 2 aromatic rings. The molecule has 1 fully saturated rings. The first-order chi connectivity index (χ1) is 12.5. The van der Waals surface area contributed by atoms with Gasteiger partial charge in [0.25, 0.3) is 0 Å². The number of carbonyl (C=O) groups excluding carboxylic acids is 2. The van der Waals surface area contributed by atoms with Gasteiger partial charge in [-0.15, -0.1) is 0 Å². The molecule has 2 amide bonds. The monoisotopic (exact) mass is 359 g/mol. The van der Waals surface area contributed by atoms with Crippen molar-refractivity contribution in [2.45, 2.75) is 31.7 Å². The van der Waals surface area contributed by atoms with Crippen molar-refractivity contribution in [1.82, 2.24) is 14.8 Å². The average molecular weight is 359 g/mol. The Balaban J connectivity index is 1.62. The number of oxazole rings is 1. The minimum absolute atomic E-state index is 0.0474. The van der Waals surface area contributed by atoms with Gasteiger partial charge in [-0.1, -0.05) is 12.1 Å². The maximum absolute atomic E-state index is 13.8. The van der Waals surface area contributed by atoms with Gasteiger partial charge in [-0.25, -0.2) is 9.37 Å². The van der Waals surface area contributed by atoms with Crippen molar-refractivity contribution < 1.29 is 18.4 Å². The van der Waals surface area contributed by atoms with Crippen LogP contribution in [0.15, 0.2) is 34.9 Å². The SMILES string of the molecule is CN(C)C(=O)C1CCCN1C(=O)CCc1ncc(-c2ccccc2F)o1. The lowest BCUT2D eigenvalue weighted by Gasteiger charge is -2.26. The summed E-state index contributed by atoms with van der Waals surface area (Å²) in [5, 5.41) is 0. The minimum Gasteiger partial charge on any atom is -0.441 e. The Bertz CT molecular complexity index is 803. The molecule has 1 aliphatic rings. The molecule has 1 aromatic carbocycles. The third kappa shape index (κ3) is 3.76. The highest BCUT2D eigenvalue weighted by Crippen LogP contribution is 2.24. The minimum atomic E-state index is -0.381. The first kappa shape index (κ1) is 18.1. The van der Waals surface area contributed by atoms with Crippen LogP contribution in [0, 0.1) is 5.82 Å². The van der Waals surface area contributed by atoms with Crippen LogP contribution < -0.4 is 0 Å². The molecular weight excluding hydrogens is 337 g/mol. The number of benzene rings is 1. The van der Waals surface area contributed by atoms with Crippen LogP contribution in [0.3, 0.4) is 0 Å². The summed E-state index contributed by atoms with van der Waals surface area (Å²) in [4.78, 5) is 32.0. The molecule has 7 heteroatoms. The number of rotatable bonds is 5. The summed E-state index contributed by atoms with van der Waals surface area (Å²) >= 11 is 0. The van der Waals surface area contributed by atoms with Crippen molar-refractivity contribution in [3.63, 3.8) is 0 Å². The second-order valence-corrected chi connectivity index (χ2v) is 6.58. The summed E-state index contributed by atoms with van der Waals surface area (Å²) in [5.74, 6) is 0.203. The zero-order valence-corrected chi connectivity index (χ0v) is 14.9. The van der Waals surface area contributed by atoms with Crippen molar-refractivity contribution in [1.29, 1.82) is 0 Å². The Morgan fingerprint density at radius 3 is 2.85 bits per heavy atom. The topological polar surface area (TPSA) is 66.7 Å². The Hall–Kier alpha value is -2.70. The second kappa shape index (κ2) is 7.68. The molecule has 0 aliphatic carbocycles. The number of aryl methyl sites for hydroxylation is 1.